The van der Waals surface area contributed by atoms with Gasteiger partial charge >= 0.3 is 0 Å². The average molecular weight is 308 g/mol. The minimum atomic E-state index is -0.170. The van der Waals surface area contributed by atoms with Crippen LogP contribution in [0, 0.1) is 5.92 Å². The molecule has 0 saturated heterocycles. The molecule has 21 heavy (non-hydrogen) atoms. The third-order valence-electron chi connectivity index (χ3n) is 3.28. The molecule has 0 spiro atoms. The maximum atomic E-state index is 12.1. The third kappa shape index (κ3) is 5.42. The van der Waals surface area contributed by atoms with Crippen molar-refractivity contribution in [1.82, 2.24) is 4.90 Å². The van der Waals surface area contributed by atoms with Crippen molar-refractivity contribution in [3.8, 4) is 0 Å². The molecule has 0 bridgehead atoms. The molecular formula is C16H24N2O2S. The highest BCUT2D eigenvalue weighted by molar-refractivity contribution is 7.98. The lowest BCUT2D eigenvalue weighted by molar-refractivity contribution is -0.136. The molecule has 1 aromatic carbocycles. The Morgan fingerprint density at radius 2 is 2.00 bits per heavy atom. The van der Waals surface area contributed by atoms with Gasteiger partial charge in [-0.15, -0.1) is 11.8 Å². The van der Waals surface area contributed by atoms with E-state index in [-0.39, 0.29) is 24.3 Å². The number of hydrogen-bond acceptors (Lipinski definition) is 3. The van der Waals surface area contributed by atoms with E-state index in [0.717, 1.165) is 23.4 Å². The van der Waals surface area contributed by atoms with E-state index in [0.29, 0.717) is 0 Å². The van der Waals surface area contributed by atoms with Gasteiger partial charge < -0.3 is 10.2 Å². The number of thioether (sulfide) groups is 1. The molecule has 0 fully saturated rings. The Kier molecular flexibility index (Phi) is 7.29. The number of benzene rings is 1. The van der Waals surface area contributed by atoms with Gasteiger partial charge in [-0.2, -0.15) is 0 Å². The SMILES string of the molecule is CCCC(C)C(=O)N(C)CC(=O)Nc1ccccc1SC. The molecular weight excluding hydrogens is 284 g/mol. The van der Waals surface area contributed by atoms with Crippen molar-refractivity contribution in [2.45, 2.75) is 31.6 Å². The van der Waals surface area contributed by atoms with Crippen molar-refractivity contribution >= 4 is 29.3 Å². The van der Waals surface area contributed by atoms with Crippen LogP contribution in [0.25, 0.3) is 0 Å². The van der Waals surface area contributed by atoms with E-state index in [1.165, 1.54) is 4.90 Å². The number of para-hydroxylation sites is 1. The number of nitrogens with zero attached hydrogens (tertiary/aromatic N) is 1. The number of likely N-dealkylation sites (N-methyl/N-ethyl adjacent to an activating group) is 1. The van der Waals surface area contributed by atoms with Gasteiger partial charge in [-0.1, -0.05) is 32.4 Å². The van der Waals surface area contributed by atoms with Crippen LogP contribution in [0.1, 0.15) is 26.7 Å². The number of hydrogen-bond donors (Lipinski definition) is 1. The third-order valence-corrected chi connectivity index (χ3v) is 4.08. The minimum Gasteiger partial charge on any atom is -0.336 e. The number of amides is 2. The predicted octanol–water partition coefficient (Wildman–Crippen LogP) is 3.24. The summed E-state index contributed by atoms with van der Waals surface area (Å²) in [6, 6.07) is 7.64. The molecule has 0 saturated carbocycles. The number of rotatable bonds is 7. The van der Waals surface area contributed by atoms with Crippen molar-refractivity contribution in [2.24, 2.45) is 5.92 Å². The van der Waals surface area contributed by atoms with E-state index in [9.17, 15) is 9.59 Å². The van der Waals surface area contributed by atoms with Gasteiger partial charge in [0.05, 0.1) is 12.2 Å². The van der Waals surface area contributed by atoms with E-state index in [1.807, 2.05) is 37.4 Å². The van der Waals surface area contributed by atoms with Crippen LogP contribution in [-0.2, 0) is 9.59 Å². The molecule has 1 rings (SSSR count). The number of anilines is 1. The molecule has 1 N–H and O–H groups in total. The second-order valence-electron chi connectivity index (χ2n) is 5.13. The highest BCUT2D eigenvalue weighted by Gasteiger charge is 2.19. The Hall–Kier alpha value is -1.49. The summed E-state index contributed by atoms with van der Waals surface area (Å²) in [4.78, 5) is 26.7. The lowest BCUT2D eigenvalue weighted by Gasteiger charge is -2.21. The van der Waals surface area contributed by atoms with Crippen LogP contribution < -0.4 is 5.32 Å². The molecule has 0 aromatic heterocycles. The van der Waals surface area contributed by atoms with Gasteiger partial charge in [0.2, 0.25) is 11.8 Å². The highest BCUT2D eigenvalue weighted by atomic mass is 32.2. The summed E-state index contributed by atoms with van der Waals surface area (Å²) in [7, 11) is 1.68. The number of carbonyl (C=O) groups excluding carboxylic acids is 2. The molecule has 1 aromatic rings. The van der Waals surface area contributed by atoms with Crippen LogP contribution in [0.15, 0.2) is 29.2 Å². The van der Waals surface area contributed by atoms with Crippen LogP contribution in [0.2, 0.25) is 0 Å². The minimum absolute atomic E-state index is 0.0187. The Morgan fingerprint density at radius 1 is 1.33 bits per heavy atom. The monoisotopic (exact) mass is 308 g/mol. The Morgan fingerprint density at radius 3 is 2.62 bits per heavy atom. The van der Waals surface area contributed by atoms with E-state index < -0.39 is 0 Å². The molecule has 1 unspecified atom stereocenters. The van der Waals surface area contributed by atoms with Crippen molar-refractivity contribution < 1.29 is 9.59 Å². The first kappa shape index (κ1) is 17.6. The van der Waals surface area contributed by atoms with Crippen LogP contribution >= 0.6 is 11.8 Å². The van der Waals surface area contributed by atoms with Gasteiger partial charge in [0.15, 0.2) is 0 Å². The van der Waals surface area contributed by atoms with Crippen LogP contribution in [0.5, 0.6) is 0 Å². The van der Waals surface area contributed by atoms with Gasteiger partial charge in [-0.25, -0.2) is 0 Å². The quantitative estimate of drug-likeness (QED) is 0.787. The van der Waals surface area contributed by atoms with E-state index in [1.54, 1.807) is 18.8 Å². The first-order chi connectivity index (χ1) is 9.99. The zero-order chi connectivity index (χ0) is 15.8. The zero-order valence-corrected chi connectivity index (χ0v) is 14.0. The molecule has 0 aliphatic heterocycles. The summed E-state index contributed by atoms with van der Waals surface area (Å²) < 4.78 is 0. The summed E-state index contributed by atoms with van der Waals surface area (Å²) in [6.45, 7) is 4.04. The van der Waals surface area contributed by atoms with Crippen molar-refractivity contribution in [3.05, 3.63) is 24.3 Å². The van der Waals surface area contributed by atoms with E-state index in [2.05, 4.69) is 12.2 Å². The molecule has 0 aliphatic carbocycles. The largest absolute Gasteiger partial charge is 0.336 e. The summed E-state index contributed by atoms with van der Waals surface area (Å²) >= 11 is 1.58. The van der Waals surface area contributed by atoms with Gasteiger partial charge in [-0.05, 0) is 24.8 Å². The molecule has 1 atom stereocenters. The smallest absolute Gasteiger partial charge is 0.244 e. The fourth-order valence-electron chi connectivity index (χ4n) is 2.16. The van der Waals surface area contributed by atoms with Crippen molar-refractivity contribution in [3.63, 3.8) is 0 Å². The normalized spacial score (nSPS) is 11.8. The molecule has 4 nitrogen and oxygen atoms in total. The molecule has 2 amide bonds. The Balaban J connectivity index is 2.59. The van der Waals surface area contributed by atoms with E-state index >= 15 is 0 Å². The standard InChI is InChI=1S/C16H24N2O2S/c1-5-8-12(2)16(20)18(3)11-15(19)17-13-9-6-7-10-14(13)21-4/h6-7,9-10,12H,5,8,11H2,1-4H3,(H,17,19). The first-order valence-corrected chi connectivity index (χ1v) is 8.39. The molecule has 0 heterocycles. The molecule has 0 radical (unpaired) electrons. The van der Waals surface area contributed by atoms with Crippen LogP contribution in [-0.4, -0.2) is 36.6 Å². The van der Waals surface area contributed by atoms with Crippen LogP contribution in [0.4, 0.5) is 5.69 Å². The Labute approximate surface area is 131 Å². The Bertz CT molecular complexity index is 491. The fraction of sp³-hybridized carbons (Fsp3) is 0.500. The molecule has 5 heteroatoms. The topological polar surface area (TPSA) is 49.4 Å². The van der Waals surface area contributed by atoms with Crippen LogP contribution in [0.3, 0.4) is 0 Å². The summed E-state index contributed by atoms with van der Waals surface area (Å²) in [6.07, 6.45) is 3.78. The van der Waals surface area contributed by atoms with Gasteiger partial charge in [0.1, 0.15) is 0 Å². The van der Waals surface area contributed by atoms with Gasteiger partial charge in [-0.3, -0.25) is 9.59 Å². The summed E-state index contributed by atoms with van der Waals surface area (Å²) in [5.74, 6) is -0.188. The predicted molar refractivity (Wildman–Crippen MR) is 88.6 cm³/mol. The summed E-state index contributed by atoms with van der Waals surface area (Å²) in [5, 5.41) is 2.86. The molecule has 0 aliphatic rings. The van der Waals surface area contributed by atoms with Gasteiger partial charge in [0, 0.05) is 17.9 Å². The van der Waals surface area contributed by atoms with Crippen molar-refractivity contribution in [2.75, 3.05) is 25.2 Å². The summed E-state index contributed by atoms with van der Waals surface area (Å²) in [5.41, 5.74) is 0.789. The lowest BCUT2D eigenvalue weighted by Crippen LogP contribution is -2.37. The van der Waals surface area contributed by atoms with Gasteiger partial charge in [0.25, 0.3) is 0 Å². The van der Waals surface area contributed by atoms with E-state index in [4.69, 9.17) is 0 Å². The lowest BCUT2D eigenvalue weighted by atomic mass is 10.1. The van der Waals surface area contributed by atoms with Crippen molar-refractivity contribution in [1.29, 1.82) is 0 Å². The second-order valence-corrected chi connectivity index (χ2v) is 5.98. The highest BCUT2D eigenvalue weighted by Crippen LogP contribution is 2.24. The average Bonchev–Trinajstić information content (AvgIpc) is 2.47. The number of carbonyl (C=O) groups is 2. The first-order valence-electron chi connectivity index (χ1n) is 7.17. The maximum Gasteiger partial charge on any atom is 0.244 e. The second kappa shape index (κ2) is 8.72. The fourth-order valence-corrected chi connectivity index (χ4v) is 2.72. The number of nitrogens with one attached hydrogen (secondary N) is 1. The molecule has 116 valence electrons. The zero-order valence-electron chi connectivity index (χ0n) is 13.2. The maximum absolute atomic E-state index is 12.1.